The van der Waals surface area contributed by atoms with Gasteiger partial charge in [-0.15, -0.1) is 0 Å². The molecule has 18 heavy (non-hydrogen) atoms. The molecule has 0 radical (unpaired) electrons. The van der Waals surface area contributed by atoms with E-state index in [0.717, 1.165) is 15.4 Å². The van der Waals surface area contributed by atoms with Crippen LogP contribution < -0.4 is 5.32 Å². The average molecular weight is 309 g/mol. The smallest absolute Gasteiger partial charge is 0.252 e. The van der Waals surface area contributed by atoms with E-state index < -0.39 is 0 Å². The Morgan fingerprint density at radius 3 is 3.06 bits per heavy atom. The lowest BCUT2D eigenvalue weighted by Gasteiger charge is -2.07. The number of fused-ring (bicyclic) bond motifs is 1. The predicted octanol–water partition coefficient (Wildman–Crippen LogP) is 2.37. The Labute approximate surface area is 113 Å². The summed E-state index contributed by atoms with van der Waals surface area (Å²) in [5.74, 6) is -0.113. The first-order chi connectivity index (χ1) is 8.74. The number of hydrogen-bond acceptors (Lipinski definition) is 3. The number of carbonyl (C=O) groups excluding carboxylic acids is 1. The molecule has 0 atom stereocenters. The highest BCUT2D eigenvalue weighted by Crippen LogP contribution is 2.24. The Bertz CT molecular complexity index is 572. The Kier molecular flexibility index (Phi) is 4.28. The second-order valence-electron chi connectivity index (χ2n) is 3.74. The SMILES string of the molecule is COCCNC(=O)c1ccnc2c(Br)cccc12. The number of methoxy groups -OCH3 is 1. The molecule has 1 amide bonds. The third kappa shape index (κ3) is 2.68. The minimum atomic E-state index is -0.113. The third-order valence-electron chi connectivity index (χ3n) is 2.56. The minimum Gasteiger partial charge on any atom is -0.383 e. The first kappa shape index (κ1) is 13.0. The van der Waals surface area contributed by atoms with E-state index in [1.165, 1.54) is 0 Å². The van der Waals surface area contributed by atoms with Gasteiger partial charge in [-0.25, -0.2) is 0 Å². The van der Waals surface area contributed by atoms with E-state index >= 15 is 0 Å². The van der Waals surface area contributed by atoms with Crippen LogP contribution >= 0.6 is 15.9 Å². The summed E-state index contributed by atoms with van der Waals surface area (Å²) in [5.41, 5.74) is 1.41. The molecule has 4 nitrogen and oxygen atoms in total. The van der Waals surface area contributed by atoms with E-state index in [1.54, 1.807) is 19.4 Å². The second kappa shape index (κ2) is 5.93. The van der Waals surface area contributed by atoms with Crippen LogP contribution in [0.4, 0.5) is 0 Å². The number of pyridine rings is 1. The van der Waals surface area contributed by atoms with Gasteiger partial charge in [-0.2, -0.15) is 0 Å². The van der Waals surface area contributed by atoms with E-state index in [-0.39, 0.29) is 5.91 Å². The molecule has 1 heterocycles. The molecular weight excluding hydrogens is 296 g/mol. The van der Waals surface area contributed by atoms with Gasteiger partial charge in [-0.3, -0.25) is 9.78 Å². The third-order valence-corrected chi connectivity index (χ3v) is 3.20. The number of rotatable bonds is 4. The highest BCUT2D eigenvalue weighted by molar-refractivity contribution is 9.10. The molecule has 2 aromatic rings. The van der Waals surface area contributed by atoms with Crippen molar-refractivity contribution in [3.63, 3.8) is 0 Å². The highest BCUT2D eigenvalue weighted by Gasteiger charge is 2.11. The van der Waals surface area contributed by atoms with Gasteiger partial charge in [0.05, 0.1) is 17.7 Å². The number of nitrogens with zero attached hydrogens (tertiary/aromatic N) is 1. The lowest BCUT2D eigenvalue weighted by molar-refractivity contribution is 0.0938. The number of para-hydroxylation sites is 1. The van der Waals surface area contributed by atoms with Crippen LogP contribution in [0.1, 0.15) is 10.4 Å². The Balaban J connectivity index is 2.33. The van der Waals surface area contributed by atoms with Gasteiger partial charge in [0.1, 0.15) is 0 Å². The fourth-order valence-corrected chi connectivity index (χ4v) is 2.17. The fraction of sp³-hybridized carbons (Fsp3) is 0.231. The molecule has 2 rings (SSSR count). The summed E-state index contributed by atoms with van der Waals surface area (Å²) in [6, 6.07) is 7.40. The lowest BCUT2D eigenvalue weighted by atomic mass is 10.1. The van der Waals surface area contributed by atoms with Crippen LogP contribution in [0, 0.1) is 0 Å². The van der Waals surface area contributed by atoms with Gasteiger partial charge in [-0.05, 0) is 28.1 Å². The van der Waals surface area contributed by atoms with Crippen LogP contribution in [-0.2, 0) is 4.74 Å². The maximum atomic E-state index is 12.0. The Hall–Kier alpha value is -1.46. The molecule has 0 spiro atoms. The van der Waals surface area contributed by atoms with E-state index in [9.17, 15) is 4.79 Å². The Morgan fingerprint density at radius 2 is 2.28 bits per heavy atom. The number of aromatic nitrogens is 1. The van der Waals surface area contributed by atoms with Crippen molar-refractivity contribution in [3.05, 3.63) is 40.5 Å². The van der Waals surface area contributed by atoms with Crippen LogP contribution in [0.3, 0.4) is 0 Å². The van der Waals surface area contributed by atoms with Gasteiger partial charge in [0.2, 0.25) is 0 Å². The van der Waals surface area contributed by atoms with Crippen molar-refractivity contribution in [2.75, 3.05) is 20.3 Å². The number of halogens is 1. The largest absolute Gasteiger partial charge is 0.383 e. The van der Waals surface area contributed by atoms with E-state index in [4.69, 9.17) is 4.74 Å². The van der Waals surface area contributed by atoms with E-state index in [2.05, 4.69) is 26.2 Å². The summed E-state index contributed by atoms with van der Waals surface area (Å²) in [6.45, 7) is 0.992. The summed E-state index contributed by atoms with van der Waals surface area (Å²) in [7, 11) is 1.60. The predicted molar refractivity (Wildman–Crippen MR) is 73.7 cm³/mol. The van der Waals surface area contributed by atoms with Crippen LogP contribution in [-0.4, -0.2) is 31.2 Å². The summed E-state index contributed by atoms with van der Waals surface area (Å²) < 4.78 is 5.78. The standard InChI is InChI=1S/C13H13BrN2O2/c1-18-8-7-16-13(17)10-5-6-15-12-9(10)3-2-4-11(12)14/h2-6H,7-8H2,1H3,(H,16,17). The number of amides is 1. The molecule has 0 unspecified atom stereocenters. The maximum Gasteiger partial charge on any atom is 0.252 e. The van der Waals surface area contributed by atoms with Gasteiger partial charge >= 0.3 is 0 Å². The molecule has 94 valence electrons. The molecule has 0 saturated heterocycles. The molecule has 0 aliphatic rings. The fourth-order valence-electron chi connectivity index (χ4n) is 1.70. The van der Waals surface area contributed by atoms with Crippen molar-refractivity contribution in [1.29, 1.82) is 0 Å². The van der Waals surface area contributed by atoms with E-state index in [1.807, 2.05) is 18.2 Å². The van der Waals surface area contributed by atoms with Crippen molar-refractivity contribution in [3.8, 4) is 0 Å². The van der Waals surface area contributed by atoms with Crippen LogP contribution in [0.5, 0.6) is 0 Å². The molecule has 0 saturated carbocycles. The molecular formula is C13H13BrN2O2. The summed E-state index contributed by atoms with van der Waals surface area (Å²) in [6.07, 6.45) is 1.64. The van der Waals surface area contributed by atoms with Crippen molar-refractivity contribution >= 4 is 32.7 Å². The molecule has 0 aliphatic heterocycles. The first-order valence-corrected chi connectivity index (χ1v) is 6.33. The lowest BCUT2D eigenvalue weighted by Crippen LogP contribution is -2.27. The zero-order chi connectivity index (χ0) is 13.0. The van der Waals surface area contributed by atoms with Gasteiger partial charge in [0, 0.05) is 29.7 Å². The zero-order valence-electron chi connectivity index (χ0n) is 9.94. The molecule has 1 aromatic heterocycles. The number of hydrogen-bond donors (Lipinski definition) is 1. The molecule has 1 aromatic carbocycles. The van der Waals surface area contributed by atoms with Gasteiger partial charge < -0.3 is 10.1 Å². The Morgan fingerprint density at radius 1 is 1.44 bits per heavy atom. The molecule has 0 fully saturated rings. The molecule has 1 N–H and O–H groups in total. The first-order valence-electron chi connectivity index (χ1n) is 5.54. The van der Waals surface area contributed by atoms with Crippen LogP contribution in [0.25, 0.3) is 10.9 Å². The van der Waals surface area contributed by atoms with Gasteiger partial charge in [0.25, 0.3) is 5.91 Å². The number of carbonyl (C=O) groups is 1. The minimum absolute atomic E-state index is 0.113. The molecule has 0 bridgehead atoms. The van der Waals surface area contributed by atoms with Gasteiger partial charge in [0.15, 0.2) is 0 Å². The van der Waals surface area contributed by atoms with Crippen molar-refractivity contribution in [1.82, 2.24) is 10.3 Å². The molecule has 0 aliphatic carbocycles. The summed E-state index contributed by atoms with van der Waals surface area (Å²) in [4.78, 5) is 16.3. The van der Waals surface area contributed by atoms with Crippen LogP contribution in [0.15, 0.2) is 34.9 Å². The quantitative estimate of drug-likeness (QED) is 0.882. The van der Waals surface area contributed by atoms with Crippen molar-refractivity contribution < 1.29 is 9.53 Å². The summed E-state index contributed by atoms with van der Waals surface area (Å²) >= 11 is 3.43. The van der Waals surface area contributed by atoms with E-state index in [0.29, 0.717) is 18.7 Å². The maximum absolute atomic E-state index is 12.0. The van der Waals surface area contributed by atoms with Gasteiger partial charge in [-0.1, -0.05) is 12.1 Å². The normalized spacial score (nSPS) is 10.6. The number of ether oxygens (including phenoxy) is 1. The summed E-state index contributed by atoms with van der Waals surface area (Å²) in [5, 5.41) is 3.64. The zero-order valence-corrected chi connectivity index (χ0v) is 11.5. The average Bonchev–Trinajstić information content (AvgIpc) is 2.39. The van der Waals surface area contributed by atoms with Crippen molar-refractivity contribution in [2.45, 2.75) is 0 Å². The molecule has 5 heteroatoms. The second-order valence-corrected chi connectivity index (χ2v) is 4.60. The number of nitrogens with one attached hydrogen (secondary N) is 1. The number of benzene rings is 1. The topological polar surface area (TPSA) is 51.2 Å². The monoisotopic (exact) mass is 308 g/mol. The van der Waals surface area contributed by atoms with Crippen LogP contribution in [0.2, 0.25) is 0 Å². The highest BCUT2D eigenvalue weighted by atomic mass is 79.9. The van der Waals surface area contributed by atoms with Crippen molar-refractivity contribution in [2.24, 2.45) is 0 Å².